The molecule has 0 saturated carbocycles. The molecular weight excluding hydrogens is 304 g/mol. The van der Waals surface area contributed by atoms with Crippen LogP contribution in [0.25, 0.3) is 0 Å². The second-order valence-corrected chi connectivity index (χ2v) is 5.36. The quantitative estimate of drug-likeness (QED) is 0.297. The Bertz CT molecular complexity index is 567. The summed E-state index contributed by atoms with van der Waals surface area (Å²) in [5.74, 6) is 5.66. The Morgan fingerprint density at radius 3 is 2.43 bits per heavy atom. The van der Waals surface area contributed by atoms with E-state index >= 15 is 0 Å². The van der Waals surface area contributed by atoms with Crippen molar-refractivity contribution < 1.29 is 25.5 Å². The molecule has 0 unspecified atom stereocenters. The highest BCUT2D eigenvalue weighted by atomic mass is 16.3. The van der Waals surface area contributed by atoms with Gasteiger partial charge in [-0.1, -0.05) is 11.1 Å². The maximum Gasteiger partial charge on any atom is 0.134 e. The van der Waals surface area contributed by atoms with Crippen LogP contribution >= 0.6 is 0 Å². The van der Waals surface area contributed by atoms with Crippen LogP contribution < -0.4 is 5.32 Å². The van der Waals surface area contributed by atoms with Gasteiger partial charge in [-0.05, 0) is 5.92 Å². The molecule has 0 aromatic carbocycles. The summed E-state index contributed by atoms with van der Waals surface area (Å²) in [5, 5.41) is 57.8. The minimum Gasteiger partial charge on any atom is -0.396 e. The molecule has 0 aliphatic carbocycles. The summed E-state index contributed by atoms with van der Waals surface area (Å²) in [5.41, 5.74) is 1.04. The third-order valence-electron chi connectivity index (χ3n) is 3.77. The lowest BCUT2D eigenvalue weighted by atomic mass is 10.1. The van der Waals surface area contributed by atoms with Crippen molar-refractivity contribution in [1.29, 1.82) is 0 Å². The van der Waals surface area contributed by atoms with E-state index in [4.69, 9.17) is 15.3 Å². The summed E-state index contributed by atoms with van der Waals surface area (Å²) in [6.07, 6.45) is -1.50. The lowest BCUT2D eigenvalue weighted by molar-refractivity contribution is 0.0175. The Morgan fingerprint density at radius 1 is 1.09 bits per heavy atom. The molecule has 9 heteroatoms. The summed E-state index contributed by atoms with van der Waals surface area (Å²) in [7, 11) is 0. The van der Waals surface area contributed by atoms with Gasteiger partial charge in [0.15, 0.2) is 0 Å². The minimum absolute atomic E-state index is 0.0584. The fraction of sp³-hybridized carbons (Fsp3) is 0.714. The number of aliphatic hydroxyl groups excluding tert-OH is 5. The second-order valence-electron chi connectivity index (χ2n) is 5.36. The average molecular weight is 326 g/mol. The number of aliphatic hydroxyl groups is 5. The van der Waals surface area contributed by atoms with Crippen molar-refractivity contribution in [3.8, 4) is 11.8 Å². The van der Waals surface area contributed by atoms with Crippen molar-refractivity contribution >= 4 is 0 Å². The summed E-state index contributed by atoms with van der Waals surface area (Å²) in [4.78, 5) is 0. The lowest BCUT2D eigenvalue weighted by Gasteiger charge is -2.16. The van der Waals surface area contributed by atoms with Gasteiger partial charge in [-0.2, -0.15) is 0 Å². The van der Waals surface area contributed by atoms with E-state index in [1.165, 1.54) is 4.68 Å². The molecule has 2 heterocycles. The summed E-state index contributed by atoms with van der Waals surface area (Å²) in [6.45, 7) is -0.235. The molecule has 0 radical (unpaired) electrons. The molecule has 0 bridgehead atoms. The smallest absolute Gasteiger partial charge is 0.134 e. The summed E-state index contributed by atoms with van der Waals surface area (Å²) in [6, 6.07) is -1.11. The maximum atomic E-state index is 10.0. The van der Waals surface area contributed by atoms with Crippen LogP contribution in [0.1, 0.15) is 17.8 Å². The van der Waals surface area contributed by atoms with E-state index in [1.807, 2.05) is 0 Å². The number of nitrogens with zero attached hydrogens (tertiary/aromatic N) is 3. The first-order chi connectivity index (χ1) is 11.1. The predicted molar refractivity (Wildman–Crippen MR) is 79.2 cm³/mol. The van der Waals surface area contributed by atoms with E-state index in [1.54, 1.807) is 0 Å². The fourth-order valence-electron chi connectivity index (χ4n) is 2.55. The normalized spacial score (nSPS) is 27.0. The number of rotatable bonds is 6. The van der Waals surface area contributed by atoms with Crippen LogP contribution in [0.15, 0.2) is 0 Å². The molecule has 0 amide bonds. The standard InChI is InChI=1S/C14H22N4O5/c19-5-2-1-3-12-9(4-6-20)16-17-18(12)7-10-13(22)14(23)11(8-21)15-10/h10-11,13-15,19-23H,2,4-8H2/t10-,11-,13-,14-/m1/s1. The van der Waals surface area contributed by atoms with Crippen LogP contribution in [0.2, 0.25) is 0 Å². The largest absolute Gasteiger partial charge is 0.396 e. The molecule has 128 valence electrons. The molecule has 1 fully saturated rings. The first-order valence-electron chi connectivity index (χ1n) is 7.48. The van der Waals surface area contributed by atoms with Gasteiger partial charge >= 0.3 is 0 Å². The average Bonchev–Trinajstić information content (AvgIpc) is 3.04. The molecule has 6 N–H and O–H groups in total. The zero-order valence-electron chi connectivity index (χ0n) is 12.6. The van der Waals surface area contributed by atoms with E-state index in [2.05, 4.69) is 27.5 Å². The highest BCUT2D eigenvalue weighted by Gasteiger charge is 2.41. The van der Waals surface area contributed by atoms with Gasteiger partial charge in [0.25, 0.3) is 0 Å². The van der Waals surface area contributed by atoms with Crippen LogP contribution in [0.4, 0.5) is 0 Å². The summed E-state index contributed by atoms with van der Waals surface area (Å²) < 4.78 is 1.49. The third-order valence-corrected chi connectivity index (χ3v) is 3.77. The van der Waals surface area contributed by atoms with Gasteiger partial charge < -0.3 is 30.8 Å². The van der Waals surface area contributed by atoms with Crippen molar-refractivity contribution in [3.63, 3.8) is 0 Å². The Kier molecular flexibility index (Phi) is 6.47. The van der Waals surface area contributed by atoms with E-state index < -0.39 is 24.3 Å². The number of hydrogen-bond donors (Lipinski definition) is 6. The molecule has 0 spiro atoms. The SMILES string of the molecule is OCCC#Cc1c(CCO)nnn1C[C@H]1N[C@H](CO)[C@@H](O)[C@@H]1O. The third kappa shape index (κ3) is 4.06. The van der Waals surface area contributed by atoms with Gasteiger partial charge in [-0.3, -0.25) is 0 Å². The second kappa shape index (κ2) is 8.35. The van der Waals surface area contributed by atoms with Crippen LogP contribution in [-0.2, 0) is 13.0 Å². The number of nitrogens with one attached hydrogen (secondary N) is 1. The van der Waals surface area contributed by atoms with Crippen LogP contribution in [-0.4, -0.2) is 84.6 Å². The van der Waals surface area contributed by atoms with Gasteiger partial charge in [-0.15, -0.1) is 5.10 Å². The molecule has 4 atom stereocenters. The van der Waals surface area contributed by atoms with Gasteiger partial charge in [0, 0.05) is 19.4 Å². The van der Waals surface area contributed by atoms with Crippen LogP contribution in [0.3, 0.4) is 0 Å². The molecule has 23 heavy (non-hydrogen) atoms. The van der Waals surface area contributed by atoms with Crippen molar-refractivity contribution in [2.45, 2.75) is 43.7 Å². The Labute approximate surface area is 133 Å². The lowest BCUT2D eigenvalue weighted by Crippen LogP contribution is -2.38. The van der Waals surface area contributed by atoms with Crippen molar-refractivity contribution in [1.82, 2.24) is 20.3 Å². The highest BCUT2D eigenvalue weighted by molar-refractivity contribution is 5.32. The zero-order valence-corrected chi connectivity index (χ0v) is 12.6. The van der Waals surface area contributed by atoms with Gasteiger partial charge in [-0.25, -0.2) is 4.68 Å². The van der Waals surface area contributed by atoms with Crippen LogP contribution in [0.5, 0.6) is 0 Å². The fourth-order valence-corrected chi connectivity index (χ4v) is 2.55. The molecule has 1 saturated heterocycles. The molecular formula is C14H22N4O5. The Morgan fingerprint density at radius 2 is 1.83 bits per heavy atom. The van der Waals surface area contributed by atoms with E-state index in [9.17, 15) is 10.2 Å². The molecule has 1 aromatic rings. The molecule has 1 aromatic heterocycles. The monoisotopic (exact) mass is 326 g/mol. The Hall–Kier alpha value is -1.54. The van der Waals surface area contributed by atoms with Crippen molar-refractivity contribution in [3.05, 3.63) is 11.4 Å². The molecule has 1 aliphatic heterocycles. The van der Waals surface area contributed by atoms with Gasteiger partial charge in [0.05, 0.1) is 44.1 Å². The highest BCUT2D eigenvalue weighted by Crippen LogP contribution is 2.17. The zero-order chi connectivity index (χ0) is 16.8. The molecule has 9 nitrogen and oxygen atoms in total. The molecule has 1 aliphatic rings. The maximum absolute atomic E-state index is 10.0. The number of aromatic nitrogens is 3. The summed E-state index contributed by atoms with van der Waals surface area (Å²) >= 11 is 0. The van der Waals surface area contributed by atoms with Crippen molar-refractivity contribution in [2.75, 3.05) is 19.8 Å². The first-order valence-corrected chi connectivity index (χ1v) is 7.48. The number of hydrogen-bond acceptors (Lipinski definition) is 8. The molecule has 2 rings (SSSR count). The topological polar surface area (TPSA) is 144 Å². The van der Waals surface area contributed by atoms with E-state index in [0.29, 0.717) is 24.2 Å². The van der Waals surface area contributed by atoms with E-state index in [-0.39, 0.29) is 26.4 Å². The van der Waals surface area contributed by atoms with Gasteiger partial charge in [0.1, 0.15) is 11.4 Å². The Balaban J connectivity index is 2.18. The predicted octanol–water partition coefficient (Wildman–Crippen LogP) is -3.40. The van der Waals surface area contributed by atoms with Gasteiger partial charge in [0.2, 0.25) is 0 Å². The van der Waals surface area contributed by atoms with Crippen LogP contribution in [0, 0.1) is 11.8 Å². The van der Waals surface area contributed by atoms with E-state index in [0.717, 1.165) is 0 Å². The first kappa shape index (κ1) is 17.8. The van der Waals surface area contributed by atoms with Crippen molar-refractivity contribution in [2.24, 2.45) is 0 Å². The minimum atomic E-state index is -1.06.